The van der Waals surface area contributed by atoms with Gasteiger partial charge in [0.05, 0.1) is 0 Å². The van der Waals surface area contributed by atoms with Gasteiger partial charge in [0.25, 0.3) is 5.91 Å². The molecule has 0 spiro atoms. The van der Waals surface area contributed by atoms with Crippen LogP contribution in [0, 0.1) is 0 Å². The Morgan fingerprint density at radius 1 is 1.12 bits per heavy atom. The molecule has 5 heteroatoms. The summed E-state index contributed by atoms with van der Waals surface area (Å²) < 4.78 is 0. The number of hydrogen-bond donors (Lipinski definition) is 0. The first-order chi connectivity index (χ1) is 11.7. The summed E-state index contributed by atoms with van der Waals surface area (Å²) >= 11 is 3.21. The molecular formula is C19H18N2OS2. The van der Waals surface area contributed by atoms with Gasteiger partial charge in [-0.25, -0.2) is 4.98 Å². The lowest BCUT2D eigenvalue weighted by molar-refractivity contribution is 0.0780. The average molecular weight is 354 g/mol. The van der Waals surface area contributed by atoms with Crippen molar-refractivity contribution in [3.05, 3.63) is 71.2 Å². The van der Waals surface area contributed by atoms with Crippen molar-refractivity contribution in [2.45, 2.75) is 11.4 Å². The van der Waals surface area contributed by atoms with Crippen molar-refractivity contribution >= 4 is 29.0 Å². The molecule has 0 atom stereocenters. The Kier molecular flexibility index (Phi) is 5.33. The van der Waals surface area contributed by atoms with E-state index in [1.54, 1.807) is 16.7 Å². The van der Waals surface area contributed by atoms with Crippen molar-refractivity contribution in [1.29, 1.82) is 0 Å². The molecule has 0 radical (unpaired) electrons. The fraction of sp³-hybridized carbons (Fsp3) is 0.158. The summed E-state index contributed by atoms with van der Waals surface area (Å²) in [7, 11) is 1.81. The lowest BCUT2D eigenvalue weighted by atomic mass is 10.2. The highest BCUT2D eigenvalue weighted by Gasteiger charge is 2.16. The molecule has 3 aromatic rings. The van der Waals surface area contributed by atoms with Crippen molar-refractivity contribution in [3.63, 3.8) is 0 Å². The monoisotopic (exact) mass is 354 g/mol. The molecule has 3 rings (SSSR count). The highest BCUT2D eigenvalue weighted by molar-refractivity contribution is 7.98. The Balaban J connectivity index is 1.70. The second-order valence-electron chi connectivity index (χ2n) is 5.41. The Hall–Kier alpha value is -2.11. The molecule has 0 N–H and O–H groups in total. The summed E-state index contributed by atoms with van der Waals surface area (Å²) in [6, 6.07) is 18.2. The van der Waals surface area contributed by atoms with Crippen LogP contribution in [0.5, 0.6) is 0 Å². The third kappa shape index (κ3) is 3.86. The van der Waals surface area contributed by atoms with Gasteiger partial charge in [-0.15, -0.1) is 23.1 Å². The lowest BCUT2D eigenvalue weighted by Crippen LogP contribution is -2.26. The fourth-order valence-electron chi connectivity index (χ4n) is 2.36. The van der Waals surface area contributed by atoms with Gasteiger partial charge in [0.2, 0.25) is 0 Å². The summed E-state index contributed by atoms with van der Waals surface area (Å²) in [4.78, 5) is 20.0. The van der Waals surface area contributed by atoms with Crippen LogP contribution in [0.2, 0.25) is 0 Å². The van der Waals surface area contributed by atoms with Crippen molar-refractivity contribution < 1.29 is 4.79 Å². The quantitative estimate of drug-likeness (QED) is 0.617. The second-order valence-corrected chi connectivity index (χ2v) is 7.15. The minimum absolute atomic E-state index is 0.0534. The zero-order valence-electron chi connectivity index (χ0n) is 13.6. The first-order valence-electron chi connectivity index (χ1n) is 7.56. The third-order valence-electron chi connectivity index (χ3n) is 3.67. The van der Waals surface area contributed by atoms with Crippen LogP contribution in [-0.2, 0) is 6.54 Å². The Labute approximate surface area is 150 Å². The van der Waals surface area contributed by atoms with Crippen molar-refractivity contribution in [2.24, 2.45) is 0 Å². The van der Waals surface area contributed by atoms with Crippen LogP contribution in [0.3, 0.4) is 0 Å². The summed E-state index contributed by atoms with van der Waals surface area (Å²) in [5.74, 6) is -0.0534. The van der Waals surface area contributed by atoms with E-state index >= 15 is 0 Å². The first kappa shape index (κ1) is 16.7. The van der Waals surface area contributed by atoms with Gasteiger partial charge in [-0.05, 0) is 24.0 Å². The number of thioether (sulfide) groups is 1. The number of amides is 1. The highest BCUT2D eigenvalue weighted by Crippen LogP contribution is 2.24. The first-order valence-corrected chi connectivity index (χ1v) is 9.67. The molecule has 0 aliphatic carbocycles. The fourth-order valence-corrected chi connectivity index (χ4v) is 3.57. The van der Waals surface area contributed by atoms with Gasteiger partial charge in [-0.2, -0.15) is 0 Å². The molecule has 1 heterocycles. The molecule has 1 aromatic heterocycles. The normalized spacial score (nSPS) is 10.6. The molecule has 0 aliphatic rings. The maximum Gasteiger partial charge on any atom is 0.273 e. The van der Waals surface area contributed by atoms with E-state index in [0.29, 0.717) is 12.2 Å². The standard InChI is InChI=1S/C19H18N2OS2/c1-21(12-14-8-10-16(23-2)11-9-14)19(22)17-13-24-18(20-17)15-6-4-3-5-7-15/h3-11,13H,12H2,1-2H3. The van der Waals surface area contributed by atoms with Gasteiger partial charge < -0.3 is 4.90 Å². The molecule has 0 aliphatic heterocycles. The smallest absolute Gasteiger partial charge is 0.273 e. The van der Waals surface area contributed by atoms with Gasteiger partial charge in [-0.3, -0.25) is 4.79 Å². The summed E-state index contributed by atoms with van der Waals surface area (Å²) in [5, 5.41) is 2.70. The maximum atomic E-state index is 12.6. The number of rotatable bonds is 5. The molecule has 0 saturated heterocycles. The van der Waals surface area contributed by atoms with Gasteiger partial charge in [0.15, 0.2) is 0 Å². The molecule has 24 heavy (non-hydrogen) atoms. The van der Waals surface area contributed by atoms with E-state index in [4.69, 9.17) is 0 Å². The van der Waals surface area contributed by atoms with Crippen LogP contribution in [0.15, 0.2) is 64.9 Å². The van der Waals surface area contributed by atoms with Crippen LogP contribution >= 0.6 is 23.1 Å². The van der Waals surface area contributed by atoms with Gasteiger partial charge in [0, 0.05) is 29.4 Å². The highest BCUT2D eigenvalue weighted by atomic mass is 32.2. The maximum absolute atomic E-state index is 12.6. The van der Waals surface area contributed by atoms with Crippen LogP contribution in [-0.4, -0.2) is 29.1 Å². The van der Waals surface area contributed by atoms with Crippen molar-refractivity contribution in [1.82, 2.24) is 9.88 Å². The van der Waals surface area contributed by atoms with E-state index in [9.17, 15) is 4.79 Å². The van der Waals surface area contributed by atoms with Gasteiger partial charge >= 0.3 is 0 Å². The van der Waals surface area contributed by atoms with E-state index < -0.39 is 0 Å². The number of benzene rings is 2. The number of carbonyl (C=O) groups excluding carboxylic acids is 1. The largest absolute Gasteiger partial charge is 0.336 e. The summed E-state index contributed by atoms with van der Waals surface area (Å²) in [5.41, 5.74) is 2.65. The van der Waals surface area contributed by atoms with Crippen LogP contribution in [0.1, 0.15) is 16.1 Å². The molecule has 122 valence electrons. The van der Waals surface area contributed by atoms with Crippen LogP contribution in [0.25, 0.3) is 10.6 Å². The van der Waals surface area contributed by atoms with E-state index in [0.717, 1.165) is 16.1 Å². The average Bonchev–Trinajstić information content (AvgIpc) is 3.12. The minimum Gasteiger partial charge on any atom is -0.336 e. The molecular weight excluding hydrogens is 336 g/mol. The number of carbonyl (C=O) groups is 1. The summed E-state index contributed by atoms with van der Waals surface area (Å²) in [6.07, 6.45) is 2.05. The van der Waals surface area contributed by atoms with E-state index in [1.165, 1.54) is 16.2 Å². The molecule has 2 aromatic carbocycles. The molecule has 1 amide bonds. The van der Waals surface area contributed by atoms with Crippen LogP contribution in [0.4, 0.5) is 0 Å². The molecule has 0 unspecified atom stereocenters. The number of nitrogens with zero attached hydrogens (tertiary/aromatic N) is 2. The Morgan fingerprint density at radius 2 is 1.83 bits per heavy atom. The van der Waals surface area contributed by atoms with E-state index in [2.05, 4.69) is 35.5 Å². The second kappa shape index (κ2) is 7.64. The number of hydrogen-bond acceptors (Lipinski definition) is 4. The Bertz CT molecular complexity index is 813. The third-order valence-corrected chi connectivity index (χ3v) is 5.30. The molecule has 0 bridgehead atoms. The number of aromatic nitrogens is 1. The van der Waals surface area contributed by atoms with Gasteiger partial charge in [-0.1, -0.05) is 42.5 Å². The van der Waals surface area contributed by atoms with E-state index in [1.807, 2.05) is 42.8 Å². The predicted octanol–water partition coefficient (Wildman–Crippen LogP) is 4.80. The SMILES string of the molecule is CSc1ccc(CN(C)C(=O)c2csc(-c3ccccc3)n2)cc1. The van der Waals surface area contributed by atoms with E-state index in [-0.39, 0.29) is 5.91 Å². The topological polar surface area (TPSA) is 33.2 Å². The zero-order chi connectivity index (χ0) is 16.9. The number of thiazole rings is 1. The summed E-state index contributed by atoms with van der Waals surface area (Å²) in [6.45, 7) is 0.575. The predicted molar refractivity (Wildman–Crippen MR) is 102 cm³/mol. The van der Waals surface area contributed by atoms with Crippen LogP contribution < -0.4 is 0 Å². The zero-order valence-corrected chi connectivity index (χ0v) is 15.2. The minimum atomic E-state index is -0.0534. The van der Waals surface area contributed by atoms with Crippen molar-refractivity contribution in [2.75, 3.05) is 13.3 Å². The lowest BCUT2D eigenvalue weighted by Gasteiger charge is -2.16. The van der Waals surface area contributed by atoms with Gasteiger partial charge in [0.1, 0.15) is 10.7 Å². The molecule has 3 nitrogen and oxygen atoms in total. The Morgan fingerprint density at radius 3 is 2.50 bits per heavy atom. The molecule has 0 fully saturated rings. The van der Waals surface area contributed by atoms with Crippen molar-refractivity contribution in [3.8, 4) is 10.6 Å². The molecule has 0 saturated carbocycles.